The zero-order chi connectivity index (χ0) is 13.2. The van der Waals surface area contributed by atoms with Gasteiger partial charge in [0.15, 0.2) is 0 Å². The molecule has 0 aliphatic carbocycles. The highest BCUT2D eigenvalue weighted by Gasteiger charge is 2.32. The summed E-state index contributed by atoms with van der Waals surface area (Å²) in [5.74, 6) is 1.71. The Labute approximate surface area is 132 Å². The highest BCUT2D eigenvalue weighted by atomic mass is 35.5. The van der Waals surface area contributed by atoms with Crippen LogP contribution in [0.15, 0.2) is 18.2 Å². The van der Waals surface area contributed by atoms with E-state index in [2.05, 4.69) is 10.2 Å². The van der Waals surface area contributed by atoms with Crippen LogP contribution < -0.4 is 10.1 Å². The first kappa shape index (κ1) is 15.9. The van der Waals surface area contributed by atoms with Crippen LogP contribution in [0.25, 0.3) is 0 Å². The first-order valence-corrected chi connectivity index (χ1v) is 7.43. The van der Waals surface area contributed by atoms with Gasteiger partial charge in [0, 0.05) is 29.7 Å². The van der Waals surface area contributed by atoms with E-state index < -0.39 is 0 Å². The molecule has 1 aromatic rings. The van der Waals surface area contributed by atoms with Crippen LogP contribution in [-0.2, 0) is 6.54 Å². The first-order valence-electron chi connectivity index (χ1n) is 7.05. The van der Waals surface area contributed by atoms with Crippen molar-refractivity contribution in [1.29, 1.82) is 0 Å². The lowest BCUT2D eigenvalue weighted by Gasteiger charge is -2.35. The number of piperidine rings is 1. The van der Waals surface area contributed by atoms with Gasteiger partial charge in [-0.1, -0.05) is 17.7 Å². The predicted molar refractivity (Wildman–Crippen MR) is 85.0 cm³/mol. The standard InChI is InChI=1S/C15H21ClN2O.ClH/c1-19-15-4-2-3-13(16)12(15)10-18-8-6-14-11(9-18)5-7-17-14;/h2-4,11,14,17H,5-10H2,1H3;1H. The molecule has 2 saturated heterocycles. The summed E-state index contributed by atoms with van der Waals surface area (Å²) in [6.45, 7) is 4.39. The van der Waals surface area contributed by atoms with Gasteiger partial charge in [-0.3, -0.25) is 4.90 Å². The molecule has 1 N–H and O–H groups in total. The summed E-state index contributed by atoms with van der Waals surface area (Å²) in [7, 11) is 1.71. The monoisotopic (exact) mass is 316 g/mol. The van der Waals surface area contributed by atoms with E-state index in [9.17, 15) is 0 Å². The third-order valence-electron chi connectivity index (χ3n) is 4.42. The summed E-state index contributed by atoms with van der Waals surface area (Å²) in [6.07, 6.45) is 2.55. The van der Waals surface area contributed by atoms with Gasteiger partial charge in [0.2, 0.25) is 0 Å². The minimum Gasteiger partial charge on any atom is -0.496 e. The quantitative estimate of drug-likeness (QED) is 0.928. The molecular formula is C15H22Cl2N2O. The second kappa shape index (κ2) is 6.99. The molecule has 2 aliphatic heterocycles. The van der Waals surface area contributed by atoms with Crippen molar-refractivity contribution in [1.82, 2.24) is 10.2 Å². The summed E-state index contributed by atoms with van der Waals surface area (Å²) in [5.41, 5.74) is 1.12. The lowest BCUT2D eigenvalue weighted by atomic mass is 9.93. The number of fused-ring (bicyclic) bond motifs is 1. The van der Waals surface area contributed by atoms with Crippen molar-refractivity contribution in [3.63, 3.8) is 0 Å². The summed E-state index contributed by atoms with van der Waals surface area (Å²) in [5, 5.41) is 4.41. The number of ether oxygens (including phenoxy) is 1. The smallest absolute Gasteiger partial charge is 0.124 e. The minimum atomic E-state index is 0. The molecule has 2 aliphatic rings. The average molecular weight is 317 g/mol. The minimum absolute atomic E-state index is 0. The maximum Gasteiger partial charge on any atom is 0.124 e. The van der Waals surface area contributed by atoms with Gasteiger partial charge in [-0.2, -0.15) is 0 Å². The summed E-state index contributed by atoms with van der Waals surface area (Å²) in [6, 6.07) is 6.62. The fourth-order valence-corrected chi connectivity index (χ4v) is 3.60. The number of hydrogen-bond donors (Lipinski definition) is 1. The second-order valence-electron chi connectivity index (χ2n) is 5.55. The molecule has 2 fully saturated rings. The van der Waals surface area contributed by atoms with Gasteiger partial charge in [0.25, 0.3) is 0 Å². The van der Waals surface area contributed by atoms with E-state index >= 15 is 0 Å². The maximum absolute atomic E-state index is 6.32. The molecule has 5 heteroatoms. The molecule has 2 unspecified atom stereocenters. The molecule has 2 atom stereocenters. The molecule has 2 heterocycles. The molecule has 1 aromatic carbocycles. The molecule has 20 heavy (non-hydrogen) atoms. The fourth-order valence-electron chi connectivity index (χ4n) is 3.37. The average Bonchev–Trinajstić information content (AvgIpc) is 2.88. The van der Waals surface area contributed by atoms with Gasteiger partial charge in [-0.15, -0.1) is 12.4 Å². The van der Waals surface area contributed by atoms with Crippen molar-refractivity contribution in [2.24, 2.45) is 5.92 Å². The van der Waals surface area contributed by atoms with Gasteiger partial charge >= 0.3 is 0 Å². The summed E-state index contributed by atoms with van der Waals surface area (Å²) < 4.78 is 5.43. The van der Waals surface area contributed by atoms with Crippen LogP contribution in [-0.4, -0.2) is 37.7 Å². The van der Waals surface area contributed by atoms with Crippen molar-refractivity contribution in [3.05, 3.63) is 28.8 Å². The van der Waals surface area contributed by atoms with Crippen LogP contribution in [0.1, 0.15) is 18.4 Å². The van der Waals surface area contributed by atoms with Gasteiger partial charge in [-0.05, 0) is 44.0 Å². The van der Waals surface area contributed by atoms with E-state index in [0.29, 0.717) is 0 Å². The van der Waals surface area contributed by atoms with E-state index in [1.165, 1.54) is 25.9 Å². The van der Waals surface area contributed by atoms with Crippen molar-refractivity contribution < 1.29 is 4.74 Å². The normalized spacial score (nSPS) is 25.9. The summed E-state index contributed by atoms with van der Waals surface area (Å²) in [4.78, 5) is 2.51. The molecule has 112 valence electrons. The Balaban J connectivity index is 0.00000147. The number of nitrogens with one attached hydrogen (secondary N) is 1. The number of rotatable bonds is 3. The molecular weight excluding hydrogens is 295 g/mol. The van der Waals surface area contributed by atoms with E-state index in [0.717, 1.165) is 41.4 Å². The lowest BCUT2D eigenvalue weighted by Crippen LogP contribution is -2.44. The Morgan fingerprint density at radius 1 is 1.40 bits per heavy atom. The Hall–Kier alpha value is -0.480. The molecule has 0 radical (unpaired) electrons. The number of methoxy groups -OCH3 is 1. The van der Waals surface area contributed by atoms with Crippen molar-refractivity contribution in [2.75, 3.05) is 26.7 Å². The molecule has 0 saturated carbocycles. The van der Waals surface area contributed by atoms with Crippen LogP contribution in [0.5, 0.6) is 5.75 Å². The number of halogens is 2. The van der Waals surface area contributed by atoms with Gasteiger partial charge < -0.3 is 10.1 Å². The molecule has 0 bridgehead atoms. The third-order valence-corrected chi connectivity index (χ3v) is 4.77. The van der Waals surface area contributed by atoms with E-state index in [-0.39, 0.29) is 12.4 Å². The summed E-state index contributed by atoms with van der Waals surface area (Å²) >= 11 is 6.32. The number of likely N-dealkylation sites (tertiary alicyclic amines) is 1. The third kappa shape index (κ3) is 3.22. The van der Waals surface area contributed by atoms with Crippen molar-refractivity contribution in [3.8, 4) is 5.75 Å². The van der Waals surface area contributed by atoms with Gasteiger partial charge in [-0.25, -0.2) is 0 Å². The molecule has 0 aromatic heterocycles. The Bertz CT molecular complexity index is 455. The molecule has 3 nitrogen and oxygen atoms in total. The number of nitrogens with zero attached hydrogens (tertiary/aromatic N) is 1. The van der Waals surface area contributed by atoms with Crippen LogP contribution >= 0.6 is 24.0 Å². The van der Waals surface area contributed by atoms with Crippen LogP contribution in [0.4, 0.5) is 0 Å². The zero-order valence-electron chi connectivity index (χ0n) is 11.8. The Morgan fingerprint density at radius 3 is 3.05 bits per heavy atom. The SMILES string of the molecule is COc1cccc(Cl)c1CN1CCC2NCCC2C1.Cl. The van der Waals surface area contributed by atoms with Gasteiger partial charge in [0.1, 0.15) is 5.75 Å². The van der Waals surface area contributed by atoms with Crippen LogP contribution in [0.2, 0.25) is 5.02 Å². The highest BCUT2D eigenvalue weighted by molar-refractivity contribution is 6.31. The van der Waals surface area contributed by atoms with E-state index in [1.54, 1.807) is 7.11 Å². The van der Waals surface area contributed by atoms with Crippen LogP contribution in [0, 0.1) is 5.92 Å². The highest BCUT2D eigenvalue weighted by Crippen LogP contribution is 2.30. The molecule has 3 rings (SSSR count). The van der Waals surface area contributed by atoms with E-state index in [4.69, 9.17) is 16.3 Å². The van der Waals surface area contributed by atoms with Crippen molar-refractivity contribution in [2.45, 2.75) is 25.4 Å². The zero-order valence-corrected chi connectivity index (χ0v) is 13.3. The van der Waals surface area contributed by atoms with Gasteiger partial charge in [0.05, 0.1) is 7.11 Å². The largest absolute Gasteiger partial charge is 0.496 e. The maximum atomic E-state index is 6.32. The predicted octanol–water partition coefficient (Wildman–Crippen LogP) is 2.95. The first-order chi connectivity index (χ1) is 9.28. The lowest BCUT2D eigenvalue weighted by molar-refractivity contribution is 0.154. The second-order valence-corrected chi connectivity index (χ2v) is 5.96. The fraction of sp³-hybridized carbons (Fsp3) is 0.600. The Kier molecular flexibility index (Phi) is 5.56. The topological polar surface area (TPSA) is 24.5 Å². The Morgan fingerprint density at radius 2 is 2.25 bits per heavy atom. The van der Waals surface area contributed by atoms with E-state index in [1.807, 2.05) is 18.2 Å². The molecule has 0 spiro atoms. The van der Waals surface area contributed by atoms with Crippen molar-refractivity contribution >= 4 is 24.0 Å². The van der Waals surface area contributed by atoms with Crippen LogP contribution in [0.3, 0.4) is 0 Å². The number of hydrogen-bond acceptors (Lipinski definition) is 3. The molecule has 0 amide bonds. The number of benzene rings is 1.